The summed E-state index contributed by atoms with van der Waals surface area (Å²) < 4.78 is 0. The van der Waals surface area contributed by atoms with E-state index in [4.69, 9.17) is 5.26 Å². The number of anilines is 1. The number of benzene rings is 2. The van der Waals surface area contributed by atoms with Gasteiger partial charge in [0.15, 0.2) is 0 Å². The second-order valence-electron chi connectivity index (χ2n) is 6.10. The van der Waals surface area contributed by atoms with Crippen molar-refractivity contribution < 1.29 is 4.79 Å². The summed E-state index contributed by atoms with van der Waals surface area (Å²) in [4.78, 5) is 16.0. The van der Waals surface area contributed by atoms with Crippen LogP contribution in [0.25, 0.3) is 0 Å². The maximum atomic E-state index is 11.7. The highest BCUT2D eigenvalue weighted by atomic mass is 16.2. The lowest BCUT2D eigenvalue weighted by Gasteiger charge is -2.36. The maximum Gasteiger partial charge on any atom is 0.222 e. The number of amides is 1. The first-order chi connectivity index (χ1) is 12.7. The fourth-order valence-corrected chi connectivity index (χ4v) is 2.89. The van der Waals surface area contributed by atoms with Gasteiger partial charge in [0.25, 0.3) is 0 Å². The van der Waals surface area contributed by atoms with Crippen LogP contribution in [0.1, 0.15) is 18.9 Å². The third-order valence-electron chi connectivity index (χ3n) is 4.43. The fourth-order valence-electron chi connectivity index (χ4n) is 2.89. The average Bonchev–Trinajstić information content (AvgIpc) is 2.72. The summed E-state index contributed by atoms with van der Waals surface area (Å²) in [6, 6.07) is 17.0. The Hall–Kier alpha value is -3.20. The van der Waals surface area contributed by atoms with Gasteiger partial charge in [-0.15, -0.1) is 0 Å². The highest BCUT2D eigenvalue weighted by Gasteiger charge is 2.19. The molecule has 0 spiro atoms. The summed E-state index contributed by atoms with van der Waals surface area (Å²) in [5.41, 5.74) is 3.22. The Morgan fingerprint density at radius 3 is 2.00 bits per heavy atom. The Bertz CT molecular complexity index is 813. The zero-order valence-corrected chi connectivity index (χ0v) is 14.8. The summed E-state index contributed by atoms with van der Waals surface area (Å²) >= 11 is 0. The van der Waals surface area contributed by atoms with E-state index < -0.39 is 0 Å². The highest BCUT2D eigenvalue weighted by Crippen LogP contribution is 2.23. The van der Waals surface area contributed by atoms with E-state index in [1.165, 1.54) is 0 Å². The van der Waals surface area contributed by atoms with E-state index in [-0.39, 0.29) is 5.91 Å². The monoisotopic (exact) mass is 347 g/mol. The molecule has 1 aliphatic heterocycles. The van der Waals surface area contributed by atoms with E-state index in [0.717, 1.165) is 37.6 Å². The number of nitrogens with zero attached hydrogens (tertiary/aromatic N) is 5. The normalized spacial score (nSPS) is 14.5. The Morgan fingerprint density at radius 1 is 0.962 bits per heavy atom. The molecule has 0 radical (unpaired) electrons. The molecular weight excluding hydrogens is 326 g/mol. The van der Waals surface area contributed by atoms with Gasteiger partial charge in [0, 0.05) is 38.3 Å². The first-order valence-corrected chi connectivity index (χ1v) is 8.74. The van der Waals surface area contributed by atoms with E-state index in [0.29, 0.717) is 17.7 Å². The molecule has 0 N–H and O–H groups in total. The van der Waals surface area contributed by atoms with Gasteiger partial charge in [0.1, 0.15) is 0 Å². The number of carbonyl (C=O) groups excluding carboxylic acids is 1. The Morgan fingerprint density at radius 2 is 1.50 bits per heavy atom. The number of azo groups is 1. The van der Waals surface area contributed by atoms with Crippen LogP contribution in [0.2, 0.25) is 0 Å². The molecule has 0 aromatic heterocycles. The van der Waals surface area contributed by atoms with E-state index in [2.05, 4.69) is 21.2 Å². The van der Waals surface area contributed by atoms with Gasteiger partial charge in [-0.2, -0.15) is 15.5 Å². The van der Waals surface area contributed by atoms with Crippen LogP contribution >= 0.6 is 0 Å². The van der Waals surface area contributed by atoms with Crippen molar-refractivity contribution in [3.63, 3.8) is 0 Å². The van der Waals surface area contributed by atoms with Crippen molar-refractivity contribution in [3.05, 3.63) is 54.1 Å². The van der Waals surface area contributed by atoms with Crippen molar-refractivity contribution in [3.8, 4) is 6.07 Å². The smallest absolute Gasteiger partial charge is 0.222 e. The summed E-state index contributed by atoms with van der Waals surface area (Å²) in [7, 11) is 0. The second kappa shape index (κ2) is 8.26. The van der Waals surface area contributed by atoms with Crippen molar-refractivity contribution in [1.29, 1.82) is 5.26 Å². The van der Waals surface area contributed by atoms with Crippen molar-refractivity contribution in [2.45, 2.75) is 13.3 Å². The van der Waals surface area contributed by atoms with Crippen LogP contribution in [-0.2, 0) is 4.79 Å². The largest absolute Gasteiger partial charge is 0.368 e. The van der Waals surface area contributed by atoms with E-state index >= 15 is 0 Å². The van der Waals surface area contributed by atoms with Crippen LogP contribution in [0.5, 0.6) is 0 Å². The number of piperazine rings is 1. The van der Waals surface area contributed by atoms with Crippen LogP contribution in [0.15, 0.2) is 58.8 Å². The van der Waals surface area contributed by atoms with Crippen molar-refractivity contribution >= 4 is 23.0 Å². The van der Waals surface area contributed by atoms with Gasteiger partial charge in [0.05, 0.1) is 23.0 Å². The third-order valence-corrected chi connectivity index (χ3v) is 4.43. The van der Waals surface area contributed by atoms with Gasteiger partial charge >= 0.3 is 0 Å². The van der Waals surface area contributed by atoms with Gasteiger partial charge in [-0.3, -0.25) is 4.79 Å². The topological polar surface area (TPSA) is 72.1 Å². The molecule has 0 saturated carbocycles. The summed E-state index contributed by atoms with van der Waals surface area (Å²) in [6.45, 7) is 5.13. The third kappa shape index (κ3) is 4.25. The molecule has 6 nitrogen and oxygen atoms in total. The molecule has 1 heterocycles. The molecular formula is C20H21N5O. The first kappa shape index (κ1) is 17.6. The zero-order valence-electron chi connectivity index (χ0n) is 14.8. The quantitative estimate of drug-likeness (QED) is 0.784. The van der Waals surface area contributed by atoms with Crippen molar-refractivity contribution in [2.24, 2.45) is 10.2 Å². The number of hydrogen-bond donors (Lipinski definition) is 0. The molecule has 0 bridgehead atoms. The Kier molecular flexibility index (Phi) is 5.59. The molecule has 1 aliphatic rings. The maximum absolute atomic E-state index is 11.7. The van der Waals surface area contributed by atoms with Crippen LogP contribution in [0.3, 0.4) is 0 Å². The van der Waals surface area contributed by atoms with E-state index in [9.17, 15) is 4.79 Å². The summed E-state index contributed by atoms with van der Waals surface area (Å²) in [5, 5.41) is 17.2. The first-order valence-electron chi connectivity index (χ1n) is 8.74. The number of hydrogen-bond acceptors (Lipinski definition) is 5. The van der Waals surface area contributed by atoms with E-state index in [1.807, 2.05) is 36.1 Å². The molecule has 132 valence electrons. The molecule has 26 heavy (non-hydrogen) atoms. The molecule has 1 saturated heterocycles. The standard InChI is InChI=1S/C20H21N5O/c1-2-20(26)25-13-11-24(12-14-25)19-9-7-18(8-10-19)23-22-17-5-3-16(15-21)4-6-17/h3-10H,2,11-14H2,1H3. The van der Waals surface area contributed by atoms with Crippen molar-refractivity contribution in [1.82, 2.24) is 4.90 Å². The minimum atomic E-state index is 0.225. The van der Waals surface area contributed by atoms with E-state index in [1.54, 1.807) is 24.3 Å². The molecule has 3 rings (SSSR count). The molecule has 6 heteroatoms. The van der Waals surface area contributed by atoms with Crippen LogP contribution < -0.4 is 4.90 Å². The van der Waals surface area contributed by atoms with Gasteiger partial charge in [-0.05, 0) is 48.5 Å². The Labute approximate surface area is 153 Å². The molecule has 2 aromatic carbocycles. The van der Waals surface area contributed by atoms with Crippen LogP contribution in [0, 0.1) is 11.3 Å². The lowest BCUT2D eigenvalue weighted by Crippen LogP contribution is -2.48. The number of carbonyl (C=O) groups is 1. The van der Waals surface area contributed by atoms with Crippen molar-refractivity contribution in [2.75, 3.05) is 31.1 Å². The lowest BCUT2D eigenvalue weighted by molar-refractivity contribution is -0.131. The highest BCUT2D eigenvalue weighted by molar-refractivity contribution is 5.76. The molecule has 0 atom stereocenters. The molecule has 0 unspecified atom stereocenters. The summed E-state index contributed by atoms with van der Waals surface area (Å²) in [6.07, 6.45) is 0.568. The molecule has 1 fully saturated rings. The predicted molar refractivity (Wildman–Crippen MR) is 101 cm³/mol. The van der Waals surface area contributed by atoms with Crippen LogP contribution in [-0.4, -0.2) is 37.0 Å². The average molecular weight is 347 g/mol. The second-order valence-corrected chi connectivity index (χ2v) is 6.10. The predicted octanol–water partition coefficient (Wildman–Crippen LogP) is 4.03. The number of nitriles is 1. The minimum Gasteiger partial charge on any atom is -0.368 e. The molecule has 0 aliphatic carbocycles. The zero-order chi connectivity index (χ0) is 18.4. The van der Waals surface area contributed by atoms with Gasteiger partial charge < -0.3 is 9.80 Å². The van der Waals surface area contributed by atoms with Gasteiger partial charge in [-0.1, -0.05) is 6.92 Å². The minimum absolute atomic E-state index is 0.225. The summed E-state index contributed by atoms with van der Waals surface area (Å²) in [5.74, 6) is 0.225. The molecule has 2 aromatic rings. The van der Waals surface area contributed by atoms with Gasteiger partial charge in [0.2, 0.25) is 5.91 Å². The molecule has 1 amide bonds. The lowest BCUT2D eigenvalue weighted by atomic mass is 10.2. The van der Waals surface area contributed by atoms with Gasteiger partial charge in [-0.25, -0.2) is 0 Å². The Balaban J connectivity index is 1.59. The number of rotatable bonds is 4. The van der Waals surface area contributed by atoms with Crippen LogP contribution in [0.4, 0.5) is 17.1 Å². The SMILES string of the molecule is CCC(=O)N1CCN(c2ccc(N=Nc3ccc(C#N)cc3)cc2)CC1. The fraction of sp³-hybridized carbons (Fsp3) is 0.300.